The molecule has 0 bridgehead atoms. The van der Waals surface area contributed by atoms with Crippen molar-refractivity contribution in [2.45, 2.75) is 26.7 Å². The lowest BCUT2D eigenvalue weighted by Crippen LogP contribution is -2.32. The Bertz CT molecular complexity index is 804. The summed E-state index contributed by atoms with van der Waals surface area (Å²) in [5.41, 5.74) is 1.88. The van der Waals surface area contributed by atoms with Gasteiger partial charge in [-0.05, 0) is 55.3 Å². The van der Waals surface area contributed by atoms with Crippen molar-refractivity contribution in [3.05, 3.63) is 58.1 Å². The summed E-state index contributed by atoms with van der Waals surface area (Å²) in [5, 5.41) is 6.75. The molecule has 0 spiro atoms. The average Bonchev–Trinajstić information content (AvgIpc) is 2.67. The van der Waals surface area contributed by atoms with Gasteiger partial charge in [-0.2, -0.15) is 0 Å². The molecule has 0 heterocycles. The fourth-order valence-electron chi connectivity index (χ4n) is 2.75. The standard InChI is InChI=1S/C21H25Cl2N3O2/c1-3-11-26(12-4-2)21(28)15-5-8-17(9-6-15)25-20(27)14-24-19-10-7-16(22)13-18(19)23/h5-10,13,24H,3-4,11-12,14H2,1-2H3,(H,25,27). The Morgan fingerprint density at radius 2 is 1.61 bits per heavy atom. The molecule has 0 saturated carbocycles. The minimum absolute atomic E-state index is 0.0145. The zero-order valence-corrected chi connectivity index (χ0v) is 17.6. The third-order valence-corrected chi connectivity index (χ3v) is 4.61. The van der Waals surface area contributed by atoms with Crippen LogP contribution in [0.5, 0.6) is 0 Å². The zero-order valence-electron chi connectivity index (χ0n) is 16.1. The molecule has 0 aromatic heterocycles. The van der Waals surface area contributed by atoms with E-state index >= 15 is 0 Å². The van der Waals surface area contributed by atoms with Gasteiger partial charge in [-0.3, -0.25) is 9.59 Å². The van der Waals surface area contributed by atoms with Crippen molar-refractivity contribution in [1.82, 2.24) is 4.90 Å². The third-order valence-electron chi connectivity index (χ3n) is 4.06. The molecule has 0 radical (unpaired) electrons. The van der Waals surface area contributed by atoms with Crippen LogP contribution < -0.4 is 10.6 Å². The highest BCUT2D eigenvalue weighted by molar-refractivity contribution is 6.36. The van der Waals surface area contributed by atoms with Crippen LogP contribution in [0, 0.1) is 0 Å². The van der Waals surface area contributed by atoms with E-state index in [1.165, 1.54) is 0 Å². The van der Waals surface area contributed by atoms with E-state index in [0.29, 0.717) is 27.0 Å². The second-order valence-corrected chi connectivity index (χ2v) is 7.24. The maximum absolute atomic E-state index is 12.6. The lowest BCUT2D eigenvalue weighted by atomic mass is 10.1. The molecular formula is C21H25Cl2N3O2. The Hall–Kier alpha value is -2.24. The Morgan fingerprint density at radius 1 is 0.964 bits per heavy atom. The molecule has 2 aromatic carbocycles. The van der Waals surface area contributed by atoms with E-state index in [9.17, 15) is 9.59 Å². The van der Waals surface area contributed by atoms with Crippen molar-refractivity contribution in [3.63, 3.8) is 0 Å². The molecule has 150 valence electrons. The molecule has 0 atom stereocenters. The summed E-state index contributed by atoms with van der Waals surface area (Å²) in [6.07, 6.45) is 1.84. The quantitative estimate of drug-likeness (QED) is 0.576. The molecule has 2 aromatic rings. The number of nitrogens with one attached hydrogen (secondary N) is 2. The summed E-state index contributed by atoms with van der Waals surface area (Å²) >= 11 is 11.9. The number of carbonyl (C=O) groups is 2. The molecule has 7 heteroatoms. The van der Waals surface area contributed by atoms with Crippen molar-refractivity contribution >= 4 is 46.4 Å². The minimum Gasteiger partial charge on any atom is -0.375 e. The van der Waals surface area contributed by atoms with Crippen molar-refractivity contribution in [2.24, 2.45) is 0 Å². The summed E-state index contributed by atoms with van der Waals surface area (Å²) < 4.78 is 0. The lowest BCUT2D eigenvalue weighted by Gasteiger charge is -2.21. The van der Waals surface area contributed by atoms with E-state index in [0.717, 1.165) is 25.9 Å². The normalized spacial score (nSPS) is 10.4. The van der Waals surface area contributed by atoms with Crippen LogP contribution in [0.1, 0.15) is 37.0 Å². The Balaban J connectivity index is 1.92. The molecule has 28 heavy (non-hydrogen) atoms. The third kappa shape index (κ3) is 6.43. The molecular weight excluding hydrogens is 397 g/mol. The molecule has 0 saturated heterocycles. The highest BCUT2D eigenvalue weighted by atomic mass is 35.5. The summed E-state index contributed by atoms with van der Waals surface area (Å²) in [7, 11) is 0. The highest BCUT2D eigenvalue weighted by Gasteiger charge is 2.14. The first-order chi connectivity index (χ1) is 13.4. The highest BCUT2D eigenvalue weighted by Crippen LogP contribution is 2.25. The van der Waals surface area contributed by atoms with Crippen molar-refractivity contribution in [2.75, 3.05) is 30.3 Å². The van der Waals surface area contributed by atoms with E-state index in [2.05, 4.69) is 24.5 Å². The summed E-state index contributed by atoms with van der Waals surface area (Å²) in [5.74, 6) is -0.204. The fraction of sp³-hybridized carbons (Fsp3) is 0.333. The van der Waals surface area contributed by atoms with E-state index in [4.69, 9.17) is 23.2 Å². The maximum Gasteiger partial charge on any atom is 0.253 e. The first kappa shape index (κ1) is 22.1. The van der Waals surface area contributed by atoms with E-state index in [1.807, 2.05) is 4.90 Å². The van der Waals surface area contributed by atoms with Gasteiger partial charge in [0.2, 0.25) is 5.91 Å². The number of hydrogen-bond acceptors (Lipinski definition) is 3. The first-order valence-electron chi connectivity index (χ1n) is 9.32. The monoisotopic (exact) mass is 421 g/mol. The van der Waals surface area contributed by atoms with Gasteiger partial charge in [-0.15, -0.1) is 0 Å². The number of anilines is 2. The van der Waals surface area contributed by atoms with Crippen LogP contribution in [0.4, 0.5) is 11.4 Å². The van der Waals surface area contributed by atoms with Gasteiger partial charge in [0.05, 0.1) is 17.3 Å². The van der Waals surface area contributed by atoms with Gasteiger partial charge < -0.3 is 15.5 Å². The molecule has 2 amide bonds. The maximum atomic E-state index is 12.6. The zero-order chi connectivity index (χ0) is 20.5. The molecule has 5 nitrogen and oxygen atoms in total. The summed E-state index contributed by atoms with van der Waals surface area (Å²) in [6, 6.07) is 12.0. The van der Waals surface area contributed by atoms with Gasteiger partial charge in [-0.25, -0.2) is 0 Å². The molecule has 0 fully saturated rings. The second kappa shape index (κ2) is 10.9. The number of benzene rings is 2. The van der Waals surface area contributed by atoms with E-state index in [1.54, 1.807) is 42.5 Å². The van der Waals surface area contributed by atoms with Crippen LogP contribution in [0.3, 0.4) is 0 Å². The Morgan fingerprint density at radius 3 is 2.18 bits per heavy atom. The largest absolute Gasteiger partial charge is 0.375 e. The number of carbonyl (C=O) groups excluding carboxylic acids is 2. The summed E-state index contributed by atoms with van der Waals surface area (Å²) in [4.78, 5) is 26.6. The molecule has 2 rings (SSSR count). The predicted molar refractivity (Wildman–Crippen MR) is 117 cm³/mol. The molecule has 0 aliphatic heterocycles. The van der Waals surface area contributed by atoms with Gasteiger partial charge in [0, 0.05) is 29.4 Å². The van der Waals surface area contributed by atoms with Crippen LogP contribution in [-0.4, -0.2) is 36.3 Å². The summed E-state index contributed by atoms with van der Waals surface area (Å²) in [6.45, 7) is 5.65. The molecule has 0 aliphatic carbocycles. The van der Waals surface area contributed by atoms with E-state index < -0.39 is 0 Å². The van der Waals surface area contributed by atoms with Crippen molar-refractivity contribution < 1.29 is 9.59 Å². The SMILES string of the molecule is CCCN(CCC)C(=O)c1ccc(NC(=O)CNc2ccc(Cl)cc2Cl)cc1. The number of halogens is 2. The number of nitrogens with zero attached hydrogens (tertiary/aromatic N) is 1. The Kier molecular flexibility index (Phi) is 8.61. The lowest BCUT2D eigenvalue weighted by molar-refractivity contribution is -0.114. The van der Waals surface area contributed by atoms with E-state index in [-0.39, 0.29) is 18.4 Å². The van der Waals surface area contributed by atoms with Crippen molar-refractivity contribution in [3.8, 4) is 0 Å². The average molecular weight is 422 g/mol. The molecule has 0 unspecified atom stereocenters. The second-order valence-electron chi connectivity index (χ2n) is 6.40. The van der Waals surface area contributed by atoms with Crippen LogP contribution in [0.2, 0.25) is 10.0 Å². The van der Waals surface area contributed by atoms with Gasteiger partial charge >= 0.3 is 0 Å². The van der Waals surface area contributed by atoms with Crippen LogP contribution in [0.15, 0.2) is 42.5 Å². The topological polar surface area (TPSA) is 61.4 Å². The van der Waals surface area contributed by atoms with Crippen LogP contribution in [-0.2, 0) is 4.79 Å². The van der Waals surface area contributed by atoms with Gasteiger partial charge in [0.1, 0.15) is 0 Å². The van der Waals surface area contributed by atoms with Gasteiger partial charge in [-0.1, -0.05) is 37.0 Å². The van der Waals surface area contributed by atoms with Gasteiger partial charge in [0.15, 0.2) is 0 Å². The molecule has 2 N–H and O–H groups in total. The van der Waals surface area contributed by atoms with Crippen LogP contribution in [0.25, 0.3) is 0 Å². The first-order valence-corrected chi connectivity index (χ1v) is 10.1. The Labute approximate surface area is 176 Å². The minimum atomic E-state index is -0.219. The molecule has 0 aliphatic rings. The number of rotatable bonds is 9. The van der Waals surface area contributed by atoms with Crippen LogP contribution >= 0.6 is 23.2 Å². The van der Waals surface area contributed by atoms with Crippen molar-refractivity contribution in [1.29, 1.82) is 0 Å². The predicted octanol–water partition coefficient (Wildman–Crippen LogP) is 5.31. The smallest absolute Gasteiger partial charge is 0.253 e. The number of amides is 2. The number of hydrogen-bond donors (Lipinski definition) is 2. The van der Waals surface area contributed by atoms with Gasteiger partial charge in [0.25, 0.3) is 5.91 Å². The fourth-order valence-corrected chi connectivity index (χ4v) is 3.22.